The average Bonchev–Trinajstić information content (AvgIpc) is 3.44. The topological polar surface area (TPSA) is 51.0 Å². The summed E-state index contributed by atoms with van der Waals surface area (Å²) in [6.07, 6.45) is 4.21. The second-order valence-electron chi connectivity index (χ2n) is 8.28. The predicted octanol–water partition coefficient (Wildman–Crippen LogP) is 4.86. The molecule has 2 heterocycles. The molecule has 0 saturated heterocycles. The van der Waals surface area contributed by atoms with Crippen molar-refractivity contribution in [3.05, 3.63) is 47.7 Å². The van der Waals surface area contributed by atoms with Gasteiger partial charge in [-0.1, -0.05) is 24.3 Å². The molecule has 1 unspecified atom stereocenters. The first-order valence-electron chi connectivity index (χ1n) is 10.1. The van der Waals surface area contributed by atoms with E-state index < -0.39 is 0 Å². The molecule has 1 saturated carbocycles. The highest BCUT2D eigenvalue weighted by atomic mass is 16.2. The van der Waals surface area contributed by atoms with E-state index in [-0.39, 0.29) is 18.0 Å². The summed E-state index contributed by atoms with van der Waals surface area (Å²) >= 11 is 0. The highest BCUT2D eigenvalue weighted by Gasteiger charge is 2.33. The van der Waals surface area contributed by atoms with Crippen molar-refractivity contribution in [2.45, 2.75) is 52.6 Å². The van der Waals surface area contributed by atoms with E-state index in [1.807, 2.05) is 34.8 Å². The van der Waals surface area contributed by atoms with Crippen molar-refractivity contribution in [1.29, 1.82) is 0 Å². The number of benzene rings is 1. The zero-order valence-electron chi connectivity index (χ0n) is 17.3. The van der Waals surface area contributed by atoms with Gasteiger partial charge >= 0.3 is 0 Å². The van der Waals surface area contributed by atoms with Crippen molar-refractivity contribution in [2.75, 3.05) is 7.05 Å². The van der Waals surface area contributed by atoms with Crippen molar-refractivity contribution in [3.8, 4) is 11.3 Å². The lowest BCUT2D eigenvalue weighted by Crippen LogP contribution is -2.36. The maximum Gasteiger partial charge on any atom is 0.254 e. The van der Waals surface area contributed by atoms with Crippen LogP contribution in [-0.4, -0.2) is 38.7 Å². The van der Waals surface area contributed by atoms with Gasteiger partial charge in [0.15, 0.2) is 5.65 Å². The van der Waals surface area contributed by atoms with Gasteiger partial charge < -0.3 is 4.90 Å². The highest BCUT2D eigenvalue weighted by Crippen LogP contribution is 2.36. The van der Waals surface area contributed by atoms with Crippen LogP contribution >= 0.6 is 0 Å². The summed E-state index contributed by atoms with van der Waals surface area (Å²) in [7, 11) is 1.91. The Morgan fingerprint density at radius 1 is 1.21 bits per heavy atom. The number of rotatable bonds is 5. The fourth-order valence-corrected chi connectivity index (χ4v) is 3.84. The molecular formula is C23H28N4O. The van der Waals surface area contributed by atoms with Crippen LogP contribution in [0.1, 0.15) is 55.6 Å². The molecule has 0 bridgehead atoms. The zero-order chi connectivity index (χ0) is 20.0. The van der Waals surface area contributed by atoms with Crippen molar-refractivity contribution in [2.24, 2.45) is 5.92 Å². The van der Waals surface area contributed by atoms with Crippen LogP contribution in [0.25, 0.3) is 22.3 Å². The van der Waals surface area contributed by atoms with Gasteiger partial charge in [-0.15, -0.1) is 0 Å². The second-order valence-corrected chi connectivity index (χ2v) is 8.28. The Morgan fingerprint density at radius 2 is 1.93 bits per heavy atom. The van der Waals surface area contributed by atoms with Crippen LogP contribution in [0.5, 0.6) is 0 Å². The number of hydrogen-bond donors (Lipinski definition) is 0. The molecule has 1 aliphatic rings. The molecule has 1 atom stereocenters. The first kappa shape index (κ1) is 18.7. The van der Waals surface area contributed by atoms with Gasteiger partial charge in [0.25, 0.3) is 5.91 Å². The minimum absolute atomic E-state index is 0.0462. The maximum absolute atomic E-state index is 13.4. The molecule has 146 valence electrons. The highest BCUT2D eigenvalue weighted by molar-refractivity contribution is 6.06. The Morgan fingerprint density at radius 3 is 2.57 bits per heavy atom. The standard InChI is InChI=1S/C23H28N4O/c1-14(2)27-22-20(13-24-27)19(23(28)26(5)16(4)17-10-11-17)12-21(25-22)18-9-7-6-8-15(18)3/h6-9,12-14,16-17H,10-11H2,1-5H3. The van der Waals surface area contributed by atoms with E-state index in [1.54, 1.807) is 6.20 Å². The van der Waals surface area contributed by atoms with E-state index in [0.717, 1.165) is 27.9 Å². The summed E-state index contributed by atoms with van der Waals surface area (Å²) in [4.78, 5) is 20.2. The number of nitrogens with zero attached hydrogens (tertiary/aromatic N) is 4. The molecule has 1 aromatic carbocycles. The third-order valence-electron chi connectivity index (χ3n) is 5.94. The monoisotopic (exact) mass is 376 g/mol. The largest absolute Gasteiger partial charge is 0.339 e. The summed E-state index contributed by atoms with van der Waals surface area (Å²) < 4.78 is 1.90. The number of fused-ring (bicyclic) bond motifs is 1. The van der Waals surface area contributed by atoms with Crippen LogP contribution in [0.3, 0.4) is 0 Å². The van der Waals surface area contributed by atoms with Crippen molar-refractivity contribution >= 4 is 16.9 Å². The molecule has 1 fully saturated rings. The number of aryl methyl sites for hydroxylation is 1. The van der Waals surface area contributed by atoms with Gasteiger partial charge in [0.2, 0.25) is 0 Å². The summed E-state index contributed by atoms with van der Waals surface area (Å²) in [6.45, 7) is 8.38. The van der Waals surface area contributed by atoms with Gasteiger partial charge in [0, 0.05) is 24.7 Å². The maximum atomic E-state index is 13.4. The Labute approximate surface area is 166 Å². The zero-order valence-corrected chi connectivity index (χ0v) is 17.3. The van der Waals surface area contributed by atoms with Gasteiger partial charge in [-0.2, -0.15) is 5.10 Å². The molecule has 0 N–H and O–H groups in total. The molecule has 4 rings (SSSR count). The van der Waals surface area contributed by atoms with Gasteiger partial charge in [0.1, 0.15) is 0 Å². The molecule has 2 aromatic heterocycles. The third kappa shape index (κ3) is 3.19. The van der Waals surface area contributed by atoms with E-state index in [4.69, 9.17) is 4.98 Å². The lowest BCUT2D eigenvalue weighted by Gasteiger charge is -2.25. The molecule has 1 amide bonds. The number of carbonyl (C=O) groups is 1. The van der Waals surface area contributed by atoms with E-state index in [2.05, 4.69) is 44.9 Å². The lowest BCUT2D eigenvalue weighted by molar-refractivity contribution is 0.0729. The number of hydrogen-bond acceptors (Lipinski definition) is 3. The minimum atomic E-state index is 0.0462. The second kappa shape index (κ2) is 7.04. The van der Waals surface area contributed by atoms with Gasteiger partial charge in [-0.3, -0.25) is 4.79 Å². The minimum Gasteiger partial charge on any atom is -0.339 e. The summed E-state index contributed by atoms with van der Waals surface area (Å²) in [5, 5.41) is 5.36. The van der Waals surface area contributed by atoms with E-state index in [0.29, 0.717) is 11.5 Å². The van der Waals surface area contributed by atoms with Gasteiger partial charge in [0.05, 0.1) is 22.8 Å². The van der Waals surface area contributed by atoms with Crippen molar-refractivity contribution < 1.29 is 4.79 Å². The molecule has 1 aliphatic carbocycles. The Balaban J connectivity index is 1.89. The number of aromatic nitrogens is 3. The smallest absolute Gasteiger partial charge is 0.254 e. The summed E-state index contributed by atoms with van der Waals surface area (Å²) in [6, 6.07) is 10.5. The average molecular weight is 377 g/mol. The molecule has 3 aromatic rings. The third-order valence-corrected chi connectivity index (χ3v) is 5.94. The van der Waals surface area contributed by atoms with E-state index >= 15 is 0 Å². The number of carbonyl (C=O) groups excluding carboxylic acids is 1. The fourth-order valence-electron chi connectivity index (χ4n) is 3.84. The lowest BCUT2D eigenvalue weighted by atomic mass is 10.0. The van der Waals surface area contributed by atoms with Crippen LogP contribution in [0.2, 0.25) is 0 Å². The molecule has 0 aliphatic heterocycles. The molecule has 0 spiro atoms. The van der Waals surface area contributed by atoms with Crippen LogP contribution in [-0.2, 0) is 0 Å². The Kier molecular flexibility index (Phi) is 4.69. The van der Waals surface area contributed by atoms with E-state index in [1.165, 1.54) is 12.8 Å². The van der Waals surface area contributed by atoms with Gasteiger partial charge in [-0.05, 0) is 58.1 Å². The SMILES string of the molecule is Cc1ccccc1-c1cc(C(=O)N(C)C(C)C2CC2)c2cnn(C(C)C)c2n1. The quantitative estimate of drug-likeness (QED) is 0.639. The molecule has 5 heteroatoms. The van der Waals surface area contributed by atoms with Crippen LogP contribution in [0.15, 0.2) is 36.5 Å². The molecule has 28 heavy (non-hydrogen) atoms. The van der Waals surface area contributed by atoms with Crippen molar-refractivity contribution in [3.63, 3.8) is 0 Å². The molecule has 0 radical (unpaired) electrons. The Bertz CT molecular complexity index is 1030. The predicted molar refractivity (Wildman–Crippen MR) is 112 cm³/mol. The Hall–Kier alpha value is -2.69. The van der Waals surface area contributed by atoms with E-state index in [9.17, 15) is 4.79 Å². The fraction of sp³-hybridized carbons (Fsp3) is 0.435. The number of amides is 1. The van der Waals surface area contributed by atoms with Crippen LogP contribution < -0.4 is 0 Å². The molecular weight excluding hydrogens is 348 g/mol. The molecule has 5 nitrogen and oxygen atoms in total. The first-order valence-corrected chi connectivity index (χ1v) is 10.1. The van der Waals surface area contributed by atoms with Crippen LogP contribution in [0, 0.1) is 12.8 Å². The van der Waals surface area contributed by atoms with Crippen molar-refractivity contribution in [1.82, 2.24) is 19.7 Å². The van der Waals surface area contributed by atoms with Gasteiger partial charge in [-0.25, -0.2) is 9.67 Å². The summed E-state index contributed by atoms with van der Waals surface area (Å²) in [5.41, 5.74) is 4.47. The first-order chi connectivity index (χ1) is 13.4. The van der Waals surface area contributed by atoms with Crippen LogP contribution in [0.4, 0.5) is 0 Å². The summed E-state index contributed by atoms with van der Waals surface area (Å²) in [5.74, 6) is 0.672. The number of pyridine rings is 1. The normalized spacial score (nSPS) is 15.2.